The first-order valence-corrected chi connectivity index (χ1v) is 5.38. The molecule has 1 heterocycles. The second-order valence-corrected chi connectivity index (χ2v) is 3.63. The van der Waals surface area contributed by atoms with Gasteiger partial charge in [0.25, 0.3) is 0 Å². The predicted octanol–water partition coefficient (Wildman–Crippen LogP) is 2.38. The fourth-order valence-electron chi connectivity index (χ4n) is 1.44. The molecule has 5 nitrogen and oxygen atoms in total. The van der Waals surface area contributed by atoms with Crippen LogP contribution in [0.3, 0.4) is 0 Å². The van der Waals surface area contributed by atoms with Gasteiger partial charge in [-0.15, -0.1) is 0 Å². The lowest BCUT2D eigenvalue weighted by atomic mass is 10.3. The fraction of sp³-hybridized carbons (Fsp3) is 0.0769. The standard InChI is InChI=1S/C13H11FN2O3/c1-18-13(17)11-7-8(5-6-16-11)19-12-9(14)3-2-4-10(12)15/h2-7H,15H2,1H3. The van der Waals surface area contributed by atoms with E-state index in [1.54, 1.807) is 0 Å². The van der Waals surface area contributed by atoms with Gasteiger partial charge in [-0.25, -0.2) is 14.2 Å². The van der Waals surface area contributed by atoms with Gasteiger partial charge in [-0.05, 0) is 18.2 Å². The van der Waals surface area contributed by atoms with Crippen LogP contribution in [0, 0.1) is 5.82 Å². The Balaban J connectivity index is 2.31. The van der Waals surface area contributed by atoms with Gasteiger partial charge in [0.2, 0.25) is 0 Å². The van der Waals surface area contributed by atoms with Gasteiger partial charge >= 0.3 is 5.97 Å². The Labute approximate surface area is 108 Å². The number of nitrogens with zero attached hydrogens (tertiary/aromatic N) is 1. The van der Waals surface area contributed by atoms with Crippen LogP contribution in [0.25, 0.3) is 0 Å². The van der Waals surface area contributed by atoms with E-state index < -0.39 is 11.8 Å². The molecule has 0 aliphatic rings. The summed E-state index contributed by atoms with van der Waals surface area (Å²) < 4.78 is 23.4. The van der Waals surface area contributed by atoms with Crippen LogP contribution < -0.4 is 10.5 Å². The Morgan fingerprint density at radius 3 is 2.84 bits per heavy atom. The molecule has 0 bridgehead atoms. The number of aromatic nitrogens is 1. The molecule has 0 amide bonds. The number of carbonyl (C=O) groups is 1. The van der Waals surface area contributed by atoms with Crippen molar-refractivity contribution in [3.8, 4) is 11.5 Å². The lowest BCUT2D eigenvalue weighted by Gasteiger charge is -2.09. The summed E-state index contributed by atoms with van der Waals surface area (Å²) in [7, 11) is 1.24. The molecule has 1 aromatic heterocycles. The first-order chi connectivity index (χ1) is 9.11. The molecule has 2 rings (SSSR count). The van der Waals surface area contributed by atoms with Gasteiger partial charge in [-0.2, -0.15) is 0 Å². The summed E-state index contributed by atoms with van der Waals surface area (Å²) in [6, 6.07) is 7.05. The number of anilines is 1. The molecule has 19 heavy (non-hydrogen) atoms. The molecule has 6 heteroatoms. The van der Waals surface area contributed by atoms with Crippen molar-refractivity contribution in [2.75, 3.05) is 12.8 Å². The van der Waals surface area contributed by atoms with Gasteiger partial charge in [0.1, 0.15) is 5.75 Å². The summed E-state index contributed by atoms with van der Waals surface area (Å²) >= 11 is 0. The van der Waals surface area contributed by atoms with Crippen LogP contribution in [0.15, 0.2) is 36.5 Å². The summed E-state index contributed by atoms with van der Waals surface area (Å²) in [4.78, 5) is 15.1. The molecule has 98 valence electrons. The third kappa shape index (κ3) is 2.79. The second kappa shape index (κ2) is 5.34. The van der Waals surface area contributed by atoms with E-state index >= 15 is 0 Å². The molecular weight excluding hydrogens is 251 g/mol. The molecule has 0 unspecified atom stereocenters. The number of hydrogen-bond donors (Lipinski definition) is 1. The highest BCUT2D eigenvalue weighted by Gasteiger charge is 2.12. The smallest absolute Gasteiger partial charge is 0.356 e. The number of esters is 1. The Kier molecular flexibility index (Phi) is 3.61. The molecule has 0 radical (unpaired) electrons. The zero-order valence-corrected chi connectivity index (χ0v) is 10.1. The number of ether oxygens (including phenoxy) is 2. The van der Waals surface area contributed by atoms with Crippen molar-refractivity contribution in [3.05, 3.63) is 48.0 Å². The summed E-state index contributed by atoms with van der Waals surface area (Å²) in [5.41, 5.74) is 5.85. The number of benzene rings is 1. The minimum absolute atomic E-state index is 0.0647. The highest BCUT2D eigenvalue weighted by molar-refractivity contribution is 5.87. The average Bonchev–Trinajstić information content (AvgIpc) is 2.42. The Bertz CT molecular complexity index is 596. The van der Waals surface area contributed by atoms with E-state index in [2.05, 4.69) is 9.72 Å². The zero-order valence-electron chi connectivity index (χ0n) is 10.1. The molecule has 1 aromatic carbocycles. The van der Waals surface area contributed by atoms with E-state index in [4.69, 9.17) is 10.5 Å². The van der Waals surface area contributed by atoms with Crippen LogP contribution >= 0.6 is 0 Å². The van der Waals surface area contributed by atoms with Crippen LogP contribution in [-0.2, 0) is 4.74 Å². The Morgan fingerprint density at radius 1 is 1.37 bits per heavy atom. The highest BCUT2D eigenvalue weighted by atomic mass is 19.1. The van der Waals surface area contributed by atoms with Crippen LogP contribution in [0.2, 0.25) is 0 Å². The number of pyridine rings is 1. The first kappa shape index (κ1) is 12.8. The lowest BCUT2D eigenvalue weighted by molar-refractivity contribution is 0.0593. The van der Waals surface area contributed by atoms with E-state index in [0.717, 1.165) is 0 Å². The van der Waals surface area contributed by atoms with Crippen molar-refractivity contribution in [2.24, 2.45) is 0 Å². The zero-order chi connectivity index (χ0) is 13.8. The normalized spacial score (nSPS) is 10.0. The minimum atomic E-state index is -0.605. The quantitative estimate of drug-likeness (QED) is 0.679. The lowest BCUT2D eigenvalue weighted by Crippen LogP contribution is -2.04. The molecule has 0 aliphatic carbocycles. The maximum atomic E-state index is 13.5. The maximum absolute atomic E-state index is 13.5. The largest absolute Gasteiger partial charge is 0.464 e. The Morgan fingerprint density at radius 2 is 2.16 bits per heavy atom. The van der Waals surface area contributed by atoms with Crippen molar-refractivity contribution in [3.63, 3.8) is 0 Å². The van der Waals surface area contributed by atoms with Crippen molar-refractivity contribution in [1.29, 1.82) is 0 Å². The number of rotatable bonds is 3. The van der Waals surface area contributed by atoms with E-state index in [-0.39, 0.29) is 22.9 Å². The number of nitrogens with two attached hydrogens (primary N) is 1. The van der Waals surface area contributed by atoms with Crippen molar-refractivity contribution in [1.82, 2.24) is 4.98 Å². The molecule has 0 aliphatic heterocycles. The molecule has 0 atom stereocenters. The summed E-state index contributed by atoms with van der Waals surface area (Å²) in [6.45, 7) is 0. The highest BCUT2D eigenvalue weighted by Crippen LogP contribution is 2.30. The van der Waals surface area contributed by atoms with Crippen LogP contribution in [0.4, 0.5) is 10.1 Å². The van der Waals surface area contributed by atoms with Crippen LogP contribution in [-0.4, -0.2) is 18.1 Å². The van der Waals surface area contributed by atoms with Crippen molar-refractivity contribution >= 4 is 11.7 Å². The van der Waals surface area contributed by atoms with Gasteiger partial charge < -0.3 is 15.2 Å². The number of carbonyl (C=O) groups excluding carboxylic acids is 1. The predicted molar refractivity (Wildman–Crippen MR) is 66.5 cm³/mol. The van der Waals surface area contributed by atoms with Gasteiger partial charge in [-0.1, -0.05) is 6.07 Å². The van der Waals surface area contributed by atoms with Crippen molar-refractivity contribution in [2.45, 2.75) is 0 Å². The molecule has 2 aromatic rings. The third-order valence-electron chi connectivity index (χ3n) is 2.34. The average molecular weight is 262 g/mol. The molecule has 0 fully saturated rings. The van der Waals surface area contributed by atoms with E-state index in [1.165, 1.54) is 43.6 Å². The number of para-hydroxylation sites is 1. The second-order valence-electron chi connectivity index (χ2n) is 3.63. The molecule has 2 N–H and O–H groups in total. The summed E-state index contributed by atoms with van der Waals surface area (Å²) in [6.07, 6.45) is 1.36. The maximum Gasteiger partial charge on any atom is 0.356 e. The van der Waals surface area contributed by atoms with E-state index in [1.807, 2.05) is 0 Å². The molecular formula is C13H11FN2O3. The summed E-state index contributed by atoms with van der Waals surface area (Å²) in [5, 5.41) is 0. The van der Waals surface area contributed by atoms with Crippen LogP contribution in [0.5, 0.6) is 11.5 Å². The summed E-state index contributed by atoms with van der Waals surface area (Å²) in [5.74, 6) is -1.04. The van der Waals surface area contributed by atoms with E-state index in [0.29, 0.717) is 0 Å². The number of nitrogen functional groups attached to an aromatic ring is 1. The van der Waals surface area contributed by atoms with Gasteiger partial charge in [0.05, 0.1) is 12.8 Å². The number of hydrogen-bond acceptors (Lipinski definition) is 5. The van der Waals surface area contributed by atoms with Gasteiger partial charge in [0, 0.05) is 12.3 Å². The minimum Gasteiger partial charge on any atom is -0.464 e. The molecule has 0 saturated heterocycles. The van der Waals surface area contributed by atoms with Crippen LogP contribution in [0.1, 0.15) is 10.5 Å². The Hall–Kier alpha value is -2.63. The first-order valence-electron chi connectivity index (χ1n) is 5.38. The van der Waals surface area contributed by atoms with Crippen molar-refractivity contribution < 1.29 is 18.7 Å². The third-order valence-corrected chi connectivity index (χ3v) is 2.34. The van der Waals surface area contributed by atoms with E-state index in [9.17, 15) is 9.18 Å². The molecule has 0 spiro atoms. The number of methoxy groups -OCH3 is 1. The molecule has 0 saturated carbocycles. The monoisotopic (exact) mass is 262 g/mol. The SMILES string of the molecule is COC(=O)c1cc(Oc2c(N)cccc2F)ccn1. The topological polar surface area (TPSA) is 74.4 Å². The number of halogens is 1. The fourth-order valence-corrected chi connectivity index (χ4v) is 1.44. The van der Waals surface area contributed by atoms with Gasteiger partial charge in [0.15, 0.2) is 17.3 Å². The van der Waals surface area contributed by atoms with Gasteiger partial charge in [-0.3, -0.25) is 0 Å².